The smallest absolute Gasteiger partial charge is 0.146 e. The molecule has 0 spiro atoms. The van der Waals surface area contributed by atoms with Gasteiger partial charge in [-0.3, -0.25) is 0 Å². The molecule has 2 heterocycles. The van der Waals surface area contributed by atoms with E-state index in [-0.39, 0.29) is 0 Å². The molecule has 0 saturated carbocycles. The van der Waals surface area contributed by atoms with Crippen LogP contribution in [0.15, 0.2) is 17.5 Å². The van der Waals surface area contributed by atoms with Gasteiger partial charge in [-0.05, 0) is 30.9 Å². The van der Waals surface area contributed by atoms with E-state index in [1.807, 2.05) is 11.9 Å². The quantitative estimate of drug-likeness (QED) is 0.849. The van der Waals surface area contributed by atoms with Crippen LogP contribution in [0.4, 0.5) is 5.82 Å². The molecule has 2 aromatic rings. The molecule has 0 aromatic carbocycles. The number of nitrogens with zero attached hydrogens (tertiary/aromatic N) is 4. The van der Waals surface area contributed by atoms with Crippen molar-refractivity contribution in [3.05, 3.63) is 39.5 Å². The van der Waals surface area contributed by atoms with Gasteiger partial charge in [0.1, 0.15) is 23.4 Å². The third kappa shape index (κ3) is 2.66. The predicted octanol–water partition coefficient (Wildman–Crippen LogP) is 2.66. The van der Waals surface area contributed by atoms with Gasteiger partial charge in [0.15, 0.2) is 0 Å². The van der Waals surface area contributed by atoms with Crippen molar-refractivity contribution in [2.24, 2.45) is 0 Å². The lowest BCUT2D eigenvalue weighted by molar-refractivity contribution is 0.883. The summed E-state index contributed by atoms with van der Waals surface area (Å²) in [6.45, 7) is 4.70. The maximum atomic E-state index is 8.91. The number of aromatic nitrogens is 2. The van der Waals surface area contributed by atoms with Crippen molar-refractivity contribution in [2.75, 3.05) is 11.9 Å². The van der Waals surface area contributed by atoms with E-state index in [1.54, 1.807) is 24.3 Å². The molecule has 0 radical (unpaired) electrons. The van der Waals surface area contributed by atoms with E-state index in [4.69, 9.17) is 5.26 Å². The summed E-state index contributed by atoms with van der Waals surface area (Å²) in [5.41, 5.74) is 1.70. The van der Waals surface area contributed by atoms with Crippen molar-refractivity contribution >= 4 is 17.2 Å². The fourth-order valence-corrected chi connectivity index (χ4v) is 2.63. The average molecular weight is 258 g/mol. The third-order valence-electron chi connectivity index (χ3n) is 2.68. The maximum absolute atomic E-state index is 8.91. The monoisotopic (exact) mass is 258 g/mol. The Morgan fingerprint density at radius 3 is 2.78 bits per heavy atom. The largest absolute Gasteiger partial charge is 0.354 e. The summed E-state index contributed by atoms with van der Waals surface area (Å²) in [5, 5.41) is 11.0. The first-order valence-electron chi connectivity index (χ1n) is 5.60. The molecule has 0 aliphatic carbocycles. The zero-order valence-corrected chi connectivity index (χ0v) is 11.5. The van der Waals surface area contributed by atoms with Crippen molar-refractivity contribution in [1.29, 1.82) is 5.26 Å². The molecule has 0 saturated heterocycles. The molecule has 0 unspecified atom stereocenters. The number of aryl methyl sites for hydroxylation is 2. The van der Waals surface area contributed by atoms with Gasteiger partial charge >= 0.3 is 0 Å². The average Bonchev–Trinajstić information content (AvgIpc) is 2.74. The summed E-state index contributed by atoms with van der Waals surface area (Å²) in [6, 6.07) is 5.89. The van der Waals surface area contributed by atoms with E-state index in [2.05, 4.69) is 34.4 Å². The predicted molar refractivity (Wildman–Crippen MR) is 72.6 cm³/mol. The van der Waals surface area contributed by atoms with Crippen molar-refractivity contribution in [3.63, 3.8) is 0 Å². The van der Waals surface area contributed by atoms with Crippen LogP contribution < -0.4 is 4.90 Å². The van der Waals surface area contributed by atoms with Crippen LogP contribution in [0.25, 0.3) is 0 Å². The van der Waals surface area contributed by atoms with Crippen LogP contribution in [-0.2, 0) is 6.54 Å². The lowest BCUT2D eigenvalue weighted by Crippen LogP contribution is -2.18. The maximum Gasteiger partial charge on any atom is 0.146 e. The molecule has 0 amide bonds. The summed E-state index contributed by atoms with van der Waals surface area (Å²) in [7, 11) is 1.97. The molecule has 2 rings (SSSR count). The number of hydrogen-bond donors (Lipinski definition) is 0. The minimum atomic E-state index is 0.409. The van der Waals surface area contributed by atoms with Gasteiger partial charge in [-0.25, -0.2) is 9.97 Å². The highest BCUT2D eigenvalue weighted by atomic mass is 32.1. The van der Waals surface area contributed by atoms with E-state index in [0.717, 1.165) is 12.4 Å². The zero-order valence-electron chi connectivity index (χ0n) is 10.6. The van der Waals surface area contributed by atoms with E-state index >= 15 is 0 Å². The van der Waals surface area contributed by atoms with Crippen molar-refractivity contribution in [3.8, 4) is 6.07 Å². The van der Waals surface area contributed by atoms with Gasteiger partial charge in [0.05, 0.1) is 6.54 Å². The molecule has 0 bridgehead atoms. The SMILES string of the molecule is Cc1nc(C#N)cc(N(C)Cc2sccc2C)n1. The van der Waals surface area contributed by atoms with Crippen LogP contribution in [0.1, 0.15) is 22.0 Å². The molecule has 2 aromatic heterocycles. The molecule has 18 heavy (non-hydrogen) atoms. The van der Waals surface area contributed by atoms with Crippen molar-refractivity contribution < 1.29 is 0 Å². The minimum Gasteiger partial charge on any atom is -0.354 e. The number of thiophene rings is 1. The summed E-state index contributed by atoms with van der Waals surface area (Å²) in [4.78, 5) is 11.8. The molecule has 0 fully saturated rings. The Kier molecular flexibility index (Phi) is 3.58. The van der Waals surface area contributed by atoms with Gasteiger partial charge in [0.25, 0.3) is 0 Å². The minimum absolute atomic E-state index is 0.409. The second-order valence-electron chi connectivity index (χ2n) is 4.15. The number of rotatable bonds is 3. The highest BCUT2D eigenvalue weighted by Crippen LogP contribution is 2.20. The van der Waals surface area contributed by atoms with Crippen LogP contribution in [0.2, 0.25) is 0 Å². The Labute approximate surface area is 111 Å². The second kappa shape index (κ2) is 5.15. The van der Waals surface area contributed by atoms with Crippen LogP contribution in [0, 0.1) is 25.2 Å². The molecule has 0 atom stereocenters. The van der Waals surface area contributed by atoms with Gasteiger partial charge in [-0.1, -0.05) is 0 Å². The highest BCUT2D eigenvalue weighted by molar-refractivity contribution is 7.10. The van der Waals surface area contributed by atoms with Gasteiger partial charge in [0.2, 0.25) is 0 Å². The van der Waals surface area contributed by atoms with Crippen LogP contribution in [-0.4, -0.2) is 17.0 Å². The normalized spacial score (nSPS) is 10.1. The lowest BCUT2D eigenvalue weighted by Gasteiger charge is -2.18. The Balaban J connectivity index is 2.24. The second-order valence-corrected chi connectivity index (χ2v) is 5.15. The molecule has 92 valence electrons. The Morgan fingerprint density at radius 2 is 2.17 bits per heavy atom. The third-order valence-corrected chi connectivity index (χ3v) is 3.69. The highest BCUT2D eigenvalue weighted by Gasteiger charge is 2.09. The summed E-state index contributed by atoms with van der Waals surface area (Å²) in [5.74, 6) is 1.41. The van der Waals surface area contributed by atoms with Crippen LogP contribution in [0.3, 0.4) is 0 Å². The summed E-state index contributed by atoms with van der Waals surface area (Å²) >= 11 is 1.74. The lowest BCUT2D eigenvalue weighted by atomic mass is 10.3. The van der Waals surface area contributed by atoms with E-state index < -0.39 is 0 Å². The molecule has 5 heteroatoms. The van der Waals surface area contributed by atoms with Crippen LogP contribution in [0.5, 0.6) is 0 Å². The molecule has 4 nitrogen and oxygen atoms in total. The Morgan fingerprint density at radius 1 is 1.39 bits per heavy atom. The molecule has 0 aliphatic heterocycles. The molecular weight excluding hydrogens is 244 g/mol. The number of hydrogen-bond acceptors (Lipinski definition) is 5. The van der Waals surface area contributed by atoms with E-state index in [9.17, 15) is 0 Å². The van der Waals surface area contributed by atoms with Crippen molar-refractivity contribution in [2.45, 2.75) is 20.4 Å². The first-order valence-corrected chi connectivity index (χ1v) is 6.48. The van der Waals surface area contributed by atoms with Crippen molar-refractivity contribution in [1.82, 2.24) is 9.97 Å². The summed E-state index contributed by atoms with van der Waals surface area (Å²) in [6.07, 6.45) is 0. The first kappa shape index (κ1) is 12.5. The molecular formula is C13H14N4S. The fourth-order valence-electron chi connectivity index (χ4n) is 1.67. The topological polar surface area (TPSA) is 52.8 Å². The number of anilines is 1. The number of nitriles is 1. The standard InChI is InChI=1S/C13H14N4S/c1-9-4-5-18-12(9)8-17(3)13-6-11(7-14)15-10(2)16-13/h4-6H,8H2,1-3H3. The van der Waals surface area contributed by atoms with Gasteiger partial charge < -0.3 is 4.90 Å². The molecule has 0 N–H and O–H groups in total. The van der Waals surface area contributed by atoms with Gasteiger partial charge in [0, 0.05) is 18.0 Å². The molecule has 0 aliphatic rings. The van der Waals surface area contributed by atoms with Gasteiger partial charge in [-0.15, -0.1) is 11.3 Å². The zero-order chi connectivity index (χ0) is 13.1. The van der Waals surface area contributed by atoms with E-state index in [1.165, 1.54) is 10.4 Å². The Bertz CT molecular complexity index is 597. The Hall–Kier alpha value is -1.93. The van der Waals surface area contributed by atoms with E-state index in [0.29, 0.717) is 11.5 Å². The summed E-state index contributed by atoms with van der Waals surface area (Å²) < 4.78 is 0. The first-order chi connectivity index (χ1) is 8.60. The fraction of sp³-hybridized carbons (Fsp3) is 0.308. The van der Waals surface area contributed by atoms with Gasteiger partial charge in [-0.2, -0.15) is 5.26 Å². The van der Waals surface area contributed by atoms with Crippen LogP contribution >= 0.6 is 11.3 Å².